The number of carbonyl (C=O) groups excluding carboxylic acids is 1. The van der Waals surface area contributed by atoms with E-state index >= 15 is 0 Å². The first-order valence-corrected chi connectivity index (χ1v) is 11.6. The zero-order valence-electron chi connectivity index (χ0n) is 18.1. The van der Waals surface area contributed by atoms with Gasteiger partial charge in [-0.3, -0.25) is 4.79 Å². The smallest absolute Gasteiger partial charge is 0.274 e. The molecule has 3 heterocycles. The van der Waals surface area contributed by atoms with Crippen molar-refractivity contribution in [3.05, 3.63) is 64.6 Å². The van der Waals surface area contributed by atoms with Gasteiger partial charge in [0.2, 0.25) is 0 Å². The summed E-state index contributed by atoms with van der Waals surface area (Å²) in [5, 5.41) is 0.831. The highest BCUT2D eigenvalue weighted by Gasteiger charge is 2.34. The van der Waals surface area contributed by atoms with Crippen LogP contribution in [-0.4, -0.2) is 38.3 Å². The van der Waals surface area contributed by atoms with E-state index in [0.717, 1.165) is 59.1 Å². The van der Waals surface area contributed by atoms with Gasteiger partial charge in [0.15, 0.2) is 0 Å². The van der Waals surface area contributed by atoms with E-state index in [1.807, 2.05) is 31.1 Å². The number of nitrogens with zero attached hydrogens (tertiary/aromatic N) is 4. The molecule has 0 bridgehead atoms. The van der Waals surface area contributed by atoms with E-state index in [-0.39, 0.29) is 17.8 Å². The molecule has 0 radical (unpaired) electrons. The van der Waals surface area contributed by atoms with Gasteiger partial charge in [0.05, 0.1) is 9.88 Å². The number of aryl methyl sites for hydroxylation is 3. The molecule has 5 nitrogen and oxygen atoms in total. The number of hydrogen-bond donors (Lipinski definition) is 0. The summed E-state index contributed by atoms with van der Waals surface area (Å²) in [6.45, 7) is 6.82. The predicted octanol–water partition coefficient (Wildman–Crippen LogP) is 5.23. The molecule has 0 unspecified atom stereocenters. The van der Waals surface area contributed by atoms with Gasteiger partial charge in [0, 0.05) is 31.4 Å². The average molecular weight is 439 g/mol. The molecule has 1 fully saturated rings. The Morgan fingerprint density at radius 2 is 1.90 bits per heavy atom. The SMILES string of the molecule is Cc1cnc(CC[C@@H]2[C@H](C)CCCN2C(=O)c2nc(C)sc2-c2ccc(F)cc2)nc1. The molecule has 0 spiro atoms. The summed E-state index contributed by atoms with van der Waals surface area (Å²) in [7, 11) is 0. The molecular formula is C24H27FN4OS. The molecule has 162 valence electrons. The molecule has 1 amide bonds. The van der Waals surface area contributed by atoms with Crippen molar-refractivity contribution in [1.82, 2.24) is 19.9 Å². The van der Waals surface area contributed by atoms with Gasteiger partial charge in [-0.15, -0.1) is 11.3 Å². The fourth-order valence-corrected chi connectivity index (χ4v) is 5.19. The highest BCUT2D eigenvalue weighted by atomic mass is 32.1. The van der Waals surface area contributed by atoms with Crippen LogP contribution in [-0.2, 0) is 6.42 Å². The molecule has 0 saturated carbocycles. The van der Waals surface area contributed by atoms with Gasteiger partial charge >= 0.3 is 0 Å². The van der Waals surface area contributed by atoms with Gasteiger partial charge in [-0.25, -0.2) is 19.3 Å². The minimum Gasteiger partial charge on any atom is -0.334 e. The van der Waals surface area contributed by atoms with E-state index < -0.39 is 0 Å². The standard InChI is InChI=1S/C24H27FN4OS/c1-15-13-26-21(27-14-15)11-10-20-16(2)5-4-12-29(20)24(30)22-23(31-17(3)28-22)18-6-8-19(25)9-7-18/h6-9,13-14,16,20H,4-5,10-12H2,1-3H3/t16-,20-/m1/s1. The third-order valence-electron chi connectivity index (χ3n) is 5.92. The molecule has 0 aliphatic carbocycles. The number of halogens is 1. The summed E-state index contributed by atoms with van der Waals surface area (Å²) >= 11 is 1.48. The maximum atomic E-state index is 13.7. The lowest BCUT2D eigenvalue weighted by atomic mass is 9.87. The average Bonchev–Trinajstić information content (AvgIpc) is 3.15. The van der Waals surface area contributed by atoms with Gasteiger partial charge in [0.25, 0.3) is 5.91 Å². The van der Waals surface area contributed by atoms with Crippen molar-refractivity contribution in [1.29, 1.82) is 0 Å². The summed E-state index contributed by atoms with van der Waals surface area (Å²) in [6.07, 6.45) is 7.32. The largest absolute Gasteiger partial charge is 0.334 e. The van der Waals surface area contributed by atoms with E-state index in [9.17, 15) is 9.18 Å². The number of hydrogen-bond acceptors (Lipinski definition) is 5. The Morgan fingerprint density at radius 1 is 1.19 bits per heavy atom. The van der Waals surface area contributed by atoms with E-state index in [0.29, 0.717) is 11.6 Å². The summed E-state index contributed by atoms with van der Waals surface area (Å²) < 4.78 is 13.4. The monoisotopic (exact) mass is 438 g/mol. The Morgan fingerprint density at radius 3 is 2.61 bits per heavy atom. The summed E-state index contributed by atoms with van der Waals surface area (Å²) in [5.41, 5.74) is 2.34. The molecule has 2 aromatic heterocycles. The summed E-state index contributed by atoms with van der Waals surface area (Å²) in [6, 6.07) is 6.39. The molecule has 2 atom stereocenters. The second-order valence-corrected chi connectivity index (χ2v) is 9.52. The zero-order valence-corrected chi connectivity index (χ0v) is 19.0. The van der Waals surface area contributed by atoms with Crippen molar-refractivity contribution in [2.45, 2.75) is 52.5 Å². The van der Waals surface area contributed by atoms with Gasteiger partial charge in [0.1, 0.15) is 17.3 Å². The molecule has 4 rings (SSSR count). The Labute approximate surface area is 186 Å². The van der Waals surface area contributed by atoms with E-state index in [1.165, 1.54) is 23.5 Å². The van der Waals surface area contributed by atoms with E-state index in [4.69, 9.17) is 0 Å². The molecule has 3 aromatic rings. The Balaban J connectivity index is 1.58. The number of piperidine rings is 1. The van der Waals surface area contributed by atoms with E-state index in [2.05, 4.69) is 21.9 Å². The van der Waals surface area contributed by atoms with Crippen LogP contribution in [0.2, 0.25) is 0 Å². The van der Waals surface area contributed by atoms with Crippen molar-refractivity contribution >= 4 is 17.2 Å². The molecule has 1 aliphatic rings. The predicted molar refractivity (Wildman–Crippen MR) is 121 cm³/mol. The fourth-order valence-electron chi connectivity index (χ4n) is 4.27. The van der Waals surface area contributed by atoms with Crippen molar-refractivity contribution in [3.63, 3.8) is 0 Å². The molecule has 0 N–H and O–H groups in total. The number of benzene rings is 1. The molecule has 1 aromatic carbocycles. The van der Waals surface area contributed by atoms with E-state index in [1.54, 1.807) is 12.1 Å². The normalized spacial score (nSPS) is 18.9. The first-order chi connectivity index (χ1) is 14.9. The highest BCUT2D eigenvalue weighted by molar-refractivity contribution is 7.15. The summed E-state index contributed by atoms with van der Waals surface area (Å²) in [4.78, 5) is 29.9. The van der Waals surface area contributed by atoms with Crippen LogP contribution >= 0.6 is 11.3 Å². The molecule has 31 heavy (non-hydrogen) atoms. The van der Waals surface area contributed by atoms with Gasteiger partial charge in [-0.05, 0) is 62.3 Å². The van der Waals surface area contributed by atoms with Crippen LogP contribution in [0.3, 0.4) is 0 Å². The van der Waals surface area contributed by atoms with Gasteiger partial charge < -0.3 is 4.90 Å². The first-order valence-electron chi connectivity index (χ1n) is 10.7. The summed E-state index contributed by atoms with van der Waals surface area (Å²) in [5.74, 6) is 0.885. The lowest BCUT2D eigenvalue weighted by Gasteiger charge is -2.40. The maximum Gasteiger partial charge on any atom is 0.274 e. The third-order valence-corrected chi connectivity index (χ3v) is 6.94. The van der Waals surface area contributed by atoms with Crippen LogP contribution in [0.1, 0.15) is 53.1 Å². The quantitative estimate of drug-likeness (QED) is 0.547. The van der Waals surface area contributed by atoms with Crippen LogP contribution in [0.4, 0.5) is 4.39 Å². The number of aromatic nitrogens is 3. The zero-order chi connectivity index (χ0) is 22.0. The number of likely N-dealkylation sites (tertiary alicyclic amines) is 1. The minimum absolute atomic E-state index is 0.0370. The van der Waals surface area contributed by atoms with Crippen LogP contribution in [0.5, 0.6) is 0 Å². The van der Waals surface area contributed by atoms with Crippen molar-refractivity contribution in [2.24, 2.45) is 5.92 Å². The van der Waals surface area contributed by atoms with Crippen molar-refractivity contribution in [2.75, 3.05) is 6.54 Å². The van der Waals surface area contributed by atoms with Gasteiger partial charge in [-0.1, -0.05) is 19.1 Å². The van der Waals surface area contributed by atoms with Crippen LogP contribution in [0, 0.1) is 25.6 Å². The molecule has 7 heteroatoms. The number of carbonyl (C=O) groups is 1. The van der Waals surface area contributed by atoms with Crippen molar-refractivity contribution in [3.8, 4) is 10.4 Å². The minimum atomic E-state index is -0.291. The number of thiazole rings is 1. The van der Waals surface area contributed by atoms with Gasteiger partial charge in [-0.2, -0.15) is 0 Å². The molecular weight excluding hydrogens is 411 g/mol. The maximum absolute atomic E-state index is 13.7. The Kier molecular flexibility index (Phi) is 6.41. The fraction of sp³-hybridized carbons (Fsp3) is 0.417. The van der Waals surface area contributed by atoms with Crippen LogP contribution in [0.25, 0.3) is 10.4 Å². The van der Waals surface area contributed by atoms with Crippen LogP contribution < -0.4 is 0 Å². The Hall–Kier alpha value is -2.67. The Bertz CT molecular complexity index is 1050. The second kappa shape index (κ2) is 9.22. The lowest BCUT2D eigenvalue weighted by molar-refractivity contribution is 0.0494. The first kappa shape index (κ1) is 21.6. The third kappa shape index (κ3) is 4.82. The number of rotatable bonds is 5. The number of amides is 1. The lowest BCUT2D eigenvalue weighted by Crippen LogP contribution is -2.48. The molecule has 1 aliphatic heterocycles. The highest BCUT2D eigenvalue weighted by Crippen LogP contribution is 2.34. The van der Waals surface area contributed by atoms with Crippen LogP contribution in [0.15, 0.2) is 36.7 Å². The topological polar surface area (TPSA) is 59.0 Å². The molecule has 1 saturated heterocycles. The second-order valence-electron chi connectivity index (χ2n) is 8.32. The van der Waals surface area contributed by atoms with Crippen molar-refractivity contribution < 1.29 is 9.18 Å².